The first-order valence-corrected chi connectivity index (χ1v) is 7.48. The van der Waals surface area contributed by atoms with Crippen LogP contribution in [0.3, 0.4) is 0 Å². The minimum atomic E-state index is -1.09. The van der Waals surface area contributed by atoms with E-state index in [0.29, 0.717) is 11.4 Å². The number of carbonyl (C=O) groups is 2. The second kappa shape index (κ2) is 6.74. The second-order valence-electron chi connectivity index (χ2n) is 4.93. The van der Waals surface area contributed by atoms with Crippen LogP contribution in [0, 0.1) is 13.8 Å². The Labute approximate surface area is 136 Å². The van der Waals surface area contributed by atoms with E-state index >= 15 is 0 Å². The zero-order valence-electron chi connectivity index (χ0n) is 12.2. The topological polar surface area (TPSA) is 84.2 Å². The zero-order chi connectivity index (χ0) is 16.3. The van der Waals surface area contributed by atoms with Gasteiger partial charge in [0.05, 0.1) is 15.9 Å². The van der Waals surface area contributed by atoms with Crippen LogP contribution in [0.15, 0.2) is 34.8 Å². The molecule has 1 atom stereocenters. The minimum Gasteiger partial charge on any atom is -0.480 e. The van der Waals surface area contributed by atoms with Crippen molar-refractivity contribution in [1.82, 2.24) is 15.1 Å². The zero-order valence-corrected chi connectivity index (χ0v) is 13.8. The molecule has 1 amide bonds. The SMILES string of the molecule is Cc1nn(C(=O)N[C@@H](Cc2ccccc2)C(=O)O)c(C)c1Br. The number of hydrogen-bond donors (Lipinski definition) is 2. The van der Waals surface area contributed by atoms with E-state index in [-0.39, 0.29) is 6.42 Å². The van der Waals surface area contributed by atoms with Gasteiger partial charge in [-0.05, 0) is 35.3 Å². The lowest BCUT2D eigenvalue weighted by molar-refractivity contribution is -0.139. The Morgan fingerprint density at radius 1 is 1.32 bits per heavy atom. The summed E-state index contributed by atoms with van der Waals surface area (Å²) in [6, 6.07) is 7.57. The van der Waals surface area contributed by atoms with Crippen molar-refractivity contribution in [3.63, 3.8) is 0 Å². The Kier molecular flexibility index (Phi) is 4.97. The number of amides is 1. The van der Waals surface area contributed by atoms with E-state index in [4.69, 9.17) is 0 Å². The summed E-state index contributed by atoms with van der Waals surface area (Å²) in [6.07, 6.45) is 0.211. The van der Waals surface area contributed by atoms with Gasteiger partial charge < -0.3 is 10.4 Å². The molecule has 0 aliphatic carbocycles. The van der Waals surface area contributed by atoms with E-state index in [1.807, 2.05) is 30.3 Å². The summed E-state index contributed by atoms with van der Waals surface area (Å²) in [5.41, 5.74) is 2.13. The third-order valence-corrected chi connectivity index (χ3v) is 4.42. The molecule has 0 aliphatic heterocycles. The highest BCUT2D eigenvalue weighted by atomic mass is 79.9. The molecule has 0 saturated carbocycles. The molecule has 0 unspecified atom stereocenters. The molecule has 2 rings (SSSR count). The highest BCUT2D eigenvalue weighted by Gasteiger charge is 2.23. The van der Waals surface area contributed by atoms with Gasteiger partial charge in [-0.2, -0.15) is 9.78 Å². The molecule has 1 aromatic carbocycles. The van der Waals surface area contributed by atoms with Crippen molar-refractivity contribution in [3.05, 3.63) is 51.8 Å². The van der Waals surface area contributed by atoms with Crippen molar-refractivity contribution in [2.75, 3.05) is 0 Å². The van der Waals surface area contributed by atoms with Crippen LogP contribution in [0.5, 0.6) is 0 Å². The lowest BCUT2D eigenvalue weighted by Crippen LogP contribution is -2.44. The van der Waals surface area contributed by atoms with Gasteiger partial charge in [0, 0.05) is 6.42 Å². The lowest BCUT2D eigenvalue weighted by atomic mass is 10.1. The first-order chi connectivity index (χ1) is 10.4. The summed E-state index contributed by atoms with van der Waals surface area (Å²) in [5.74, 6) is -1.09. The molecule has 2 aromatic rings. The third kappa shape index (κ3) is 3.54. The summed E-state index contributed by atoms with van der Waals surface area (Å²) >= 11 is 3.34. The van der Waals surface area contributed by atoms with Gasteiger partial charge in [-0.25, -0.2) is 9.59 Å². The van der Waals surface area contributed by atoms with E-state index < -0.39 is 18.0 Å². The Balaban J connectivity index is 2.15. The lowest BCUT2D eigenvalue weighted by Gasteiger charge is -2.15. The van der Waals surface area contributed by atoms with Crippen LogP contribution >= 0.6 is 15.9 Å². The highest BCUT2D eigenvalue weighted by Crippen LogP contribution is 2.19. The van der Waals surface area contributed by atoms with Crippen molar-refractivity contribution >= 4 is 27.9 Å². The summed E-state index contributed by atoms with van der Waals surface area (Å²) in [4.78, 5) is 23.6. The van der Waals surface area contributed by atoms with Crippen molar-refractivity contribution in [1.29, 1.82) is 0 Å². The maximum absolute atomic E-state index is 12.2. The normalized spacial score (nSPS) is 12.0. The number of nitrogens with one attached hydrogen (secondary N) is 1. The van der Waals surface area contributed by atoms with Gasteiger partial charge >= 0.3 is 12.0 Å². The molecule has 7 heteroatoms. The van der Waals surface area contributed by atoms with Gasteiger partial charge in [-0.15, -0.1) is 0 Å². The van der Waals surface area contributed by atoms with E-state index in [2.05, 4.69) is 26.3 Å². The number of halogens is 1. The maximum atomic E-state index is 12.2. The number of aliphatic carboxylic acids is 1. The van der Waals surface area contributed by atoms with E-state index in [0.717, 1.165) is 10.0 Å². The number of carboxylic acids is 1. The summed E-state index contributed by atoms with van der Waals surface area (Å²) in [6.45, 7) is 3.50. The molecular weight excluding hydrogens is 350 g/mol. The van der Waals surface area contributed by atoms with Crippen molar-refractivity contribution in [2.24, 2.45) is 0 Å². The smallest absolute Gasteiger partial charge is 0.343 e. The van der Waals surface area contributed by atoms with E-state index in [1.165, 1.54) is 4.68 Å². The van der Waals surface area contributed by atoms with Gasteiger partial charge in [0.1, 0.15) is 6.04 Å². The predicted octanol–water partition coefficient (Wildman–Crippen LogP) is 2.52. The molecule has 22 heavy (non-hydrogen) atoms. The molecule has 0 bridgehead atoms. The number of nitrogens with zero attached hydrogens (tertiary/aromatic N) is 2. The van der Waals surface area contributed by atoms with Gasteiger partial charge in [0.15, 0.2) is 0 Å². The van der Waals surface area contributed by atoms with Crippen LogP contribution in [0.25, 0.3) is 0 Å². The van der Waals surface area contributed by atoms with Crippen molar-refractivity contribution < 1.29 is 14.7 Å². The van der Waals surface area contributed by atoms with Crippen LogP contribution in [-0.2, 0) is 11.2 Å². The Morgan fingerprint density at radius 2 is 1.95 bits per heavy atom. The fourth-order valence-electron chi connectivity index (χ4n) is 2.08. The summed E-state index contributed by atoms with van der Waals surface area (Å²) in [5, 5.41) is 15.9. The number of hydrogen-bond acceptors (Lipinski definition) is 3. The molecule has 2 N–H and O–H groups in total. The molecule has 116 valence electrons. The Hall–Kier alpha value is -2.15. The molecule has 0 fully saturated rings. The summed E-state index contributed by atoms with van der Waals surface area (Å²) < 4.78 is 1.90. The number of benzene rings is 1. The number of carboxylic acid groups (broad SMARTS) is 1. The molecule has 1 heterocycles. The standard InChI is InChI=1S/C15H16BrN3O3/c1-9-13(16)10(2)19(18-9)15(22)17-12(14(20)21)8-11-6-4-3-5-7-11/h3-7,12H,8H2,1-2H3,(H,17,22)(H,20,21)/t12-/m0/s1. The van der Waals surface area contributed by atoms with Gasteiger partial charge in [-0.1, -0.05) is 30.3 Å². The number of aromatic nitrogens is 2. The van der Waals surface area contributed by atoms with Crippen LogP contribution in [-0.4, -0.2) is 32.9 Å². The highest BCUT2D eigenvalue weighted by molar-refractivity contribution is 9.10. The summed E-state index contributed by atoms with van der Waals surface area (Å²) in [7, 11) is 0. The third-order valence-electron chi connectivity index (χ3n) is 3.27. The van der Waals surface area contributed by atoms with Gasteiger partial charge in [0.25, 0.3) is 0 Å². The molecule has 0 aliphatic rings. The number of aryl methyl sites for hydroxylation is 1. The second-order valence-corrected chi connectivity index (χ2v) is 5.72. The first-order valence-electron chi connectivity index (χ1n) is 6.69. The predicted molar refractivity (Wildman–Crippen MR) is 84.9 cm³/mol. The van der Waals surface area contributed by atoms with Crippen molar-refractivity contribution in [3.8, 4) is 0 Å². The van der Waals surface area contributed by atoms with Crippen LogP contribution in [0.1, 0.15) is 17.0 Å². The first kappa shape index (κ1) is 16.2. The quantitative estimate of drug-likeness (QED) is 0.871. The fraction of sp³-hybridized carbons (Fsp3) is 0.267. The van der Waals surface area contributed by atoms with Gasteiger partial charge in [0.2, 0.25) is 0 Å². The molecule has 6 nitrogen and oxygen atoms in total. The Morgan fingerprint density at radius 3 is 2.45 bits per heavy atom. The monoisotopic (exact) mass is 365 g/mol. The fourth-order valence-corrected chi connectivity index (χ4v) is 2.33. The average Bonchev–Trinajstić information content (AvgIpc) is 2.75. The van der Waals surface area contributed by atoms with Crippen LogP contribution < -0.4 is 5.32 Å². The average molecular weight is 366 g/mol. The Bertz CT molecular complexity index is 698. The van der Waals surface area contributed by atoms with Crippen LogP contribution in [0.2, 0.25) is 0 Å². The van der Waals surface area contributed by atoms with Gasteiger partial charge in [-0.3, -0.25) is 0 Å². The maximum Gasteiger partial charge on any atom is 0.343 e. The molecular formula is C15H16BrN3O3. The van der Waals surface area contributed by atoms with Crippen molar-refractivity contribution in [2.45, 2.75) is 26.3 Å². The van der Waals surface area contributed by atoms with Crippen LogP contribution in [0.4, 0.5) is 4.79 Å². The number of rotatable bonds is 4. The molecule has 0 saturated heterocycles. The minimum absolute atomic E-state index is 0.211. The largest absolute Gasteiger partial charge is 0.480 e. The number of carbonyl (C=O) groups excluding carboxylic acids is 1. The van der Waals surface area contributed by atoms with E-state index in [9.17, 15) is 14.7 Å². The molecule has 0 radical (unpaired) electrons. The van der Waals surface area contributed by atoms with E-state index in [1.54, 1.807) is 13.8 Å². The molecule has 1 aromatic heterocycles. The molecule has 0 spiro atoms.